The summed E-state index contributed by atoms with van der Waals surface area (Å²) in [5.41, 5.74) is 0.826. The zero-order valence-electron chi connectivity index (χ0n) is 9.82. The largest absolute Gasteiger partial charge is 0.335 e. The van der Waals surface area contributed by atoms with Gasteiger partial charge in [-0.05, 0) is 29.3 Å². The lowest BCUT2D eigenvalue weighted by Gasteiger charge is -2.27. The van der Waals surface area contributed by atoms with Crippen LogP contribution in [0.25, 0.3) is 11.5 Å². The van der Waals surface area contributed by atoms with Crippen LogP contribution in [0.4, 0.5) is 10.2 Å². The number of H-pyrrole nitrogens is 1. The summed E-state index contributed by atoms with van der Waals surface area (Å²) >= 11 is 3.32. The van der Waals surface area contributed by atoms with Gasteiger partial charge in [0, 0.05) is 6.54 Å². The first-order chi connectivity index (χ1) is 8.69. The Balaban J connectivity index is 2.04. The minimum Gasteiger partial charge on any atom is -0.335 e. The number of aromatic nitrogens is 5. The molecule has 18 heavy (non-hydrogen) atoms. The van der Waals surface area contributed by atoms with Gasteiger partial charge in [-0.2, -0.15) is 5.10 Å². The van der Waals surface area contributed by atoms with Crippen LogP contribution >= 0.6 is 15.9 Å². The summed E-state index contributed by atoms with van der Waals surface area (Å²) < 4.78 is 14.8. The lowest BCUT2D eigenvalue weighted by Crippen LogP contribution is -2.32. The molecule has 0 unspecified atom stereocenters. The van der Waals surface area contributed by atoms with E-state index in [1.165, 1.54) is 0 Å². The Morgan fingerprint density at radius 1 is 1.44 bits per heavy atom. The van der Waals surface area contributed by atoms with E-state index in [-0.39, 0.29) is 6.67 Å². The molecule has 0 bridgehead atoms. The second kappa shape index (κ2) is 4.34. The molecule has 1 aliphatic rings. The second-order valence-corrected chi connectivity index (χ2v) is 4.91. The summed E-state index contributed by atoms with van der Waals surface area (Å²) in [5, 5.41) is 4.32. The van der Waals surface area contributed by atoms with Gasteiger partial charge < -0.3 is 9.88 Å². The number of hydrogen-bond acceptors (Lipinski definition) is 4. The first kappa shape index (κ1) is 11.6. The smallest absolute Gasteiger partial charge is 0.180 e. The Bertz CT molecular complexity index is 577. The van der Waals surface area contributed by atoms with Crippen LogP contribution in [0.15, 0.2) is 4.73 Å². The third kappa shape index (κ3) is 1.80. The maximum Gasteiger partial charge on any atom is 0.180 e. The van der Waals surface area contributed by atoms with Crippen LogP contribution in [0.3, 0.4) is 0 Å². The van der Waals surface area contributed by atoms with E-state index in [4.69, 9.17) is 0 Å². The van der Waals surface area contributed by atoms with Crippen molar-refractivity contribution in [2.24, 2.45) is 0 Å². The zero-order chi connectivity index (χ0) is 12.7. The van der Waals surface area contributed by atoms with Crippen molar-refractivity contribution in [3.63, 3.8) is 0 Å². The van der Waals surface area contributed by atoms with Crippen LogP contribution in [-0.2, 0) is 6.67 Å². The van der Waals surface area contributed by atoms with Crippen molar-refractivity contribution in [1.82, 2.24) is 24.7 Å². The molecule has 96 valence electrons. The maximum absolute atomic E-state index is 12.3. The molecule has 0 saturated carbocycles. The number of halogens is 2. The monoisotopic (exact) mass is 314 g/mol. The highest BCUT2D eigenvalue weighted by atomic mass is 79.9. The number of anilines is 1. The number of nitrogens with one attached hydrogen (secondary N) is 1. The van der Waals surface area contributed by atoms with Gasteiger partial charge in [0.25, 0.3) is 0 Å². The highest BCUT2D eigenvalue weighted by Crippen LogP contribution is 2.33. The zero-order valence-corrected chi connectivity index (χ0v) is 11.4. The number of alkyl halides is 1. The predicted octanol–water partition coefficient (Wildman–Crippen LogP) is 1.88. The number of aryl methyl sites for hydroxylation is 1. The van der Waals surface area contributed by atoms with Crippen molar-refractivity contribution in [2.45, 2.75) is 20.0 Å². The number of fused-ring (bicyclic) bond motifs is 3. The Labute approximate surface area is 111 Å². The van der Waals surface area contributed by atoms with E-state index in [1.807, 2.05) is 11.8 Å². The SMILES string of the molecule is Cc1nc2n(n1)CN(CCCF)c1nc(Br)[nH]c1-2. The Hall–Kier alpha value is -1.44. The molecular weight excluding hydrogens is 303 g/mol. The summed E-state index contributed by atoms with van der Waals surface area (Å²) in [6.45, 7) is 2.68. The van der Waals surface area contributed by atoms with Gasteiger partial charge >= 0.3 is 0 Å². The molecule has 3 heterocycles. The molecule has 0 atom stereocenters. The van der Waals surface area contributed by atoms with Crippen molar-refractivity contribution in [1.29, 1.82) is 0 Å². The van der Waals surface area contributed by atoms with Crippen molar-refractivity contribution in [2.75, 3.05) is 18.1 Å². The average molecular weight is 315 g/mol. The minimum absolute atomic E-state index is 0.333. The highest BCUT2D eigenvalue weighted by Gasteiger charge is 2.27. The molecule has 0 spiro atoms. The molecule has 3 rings (SSSR count). The standard InChI is InChI=1S/C10H12BrFN6/c1-6-13-9-7-8(15-10(11)14-7)17(4-2-3-12)5-18(9)16-6/h2-5H2,1H3,(H,14,15). The number of imidazole rings is 1. The molecule has 0 aromatic carbocycles. The lowest BCUT2D eigenvalue weighted by molar-refractivity contribution is 0.457. The minimum atomic E-state index is -0.333. The van der Waals surface area contributed by atoms with Crippen LogP contribution < -0.4 is 4.90 Å². The molecule has 1 aliphatic heterocycles. The number of rotatable bonds is 3. The van der Waals surface area contributed by atoms with Crippen LogP contribution in [-0.4, -0.2) is 38.0 Å². The summed E-state index contributed by atoms with van der Waals surface area (Å²) in [6.07, 6.45) is 0.479. The normalized spacial score (nSPS) is 13.6. The van der Waals surface area contributed by atoms with Crippen molar-refractivity contribution >= 4 is 21.7 Å². The topological polar surface area (TPSA) is 62.6 Å². The van der Waals surface area contributed by atoms with E-state index >= 15 is 0 Å². The van der Waals surface area contributed by atoms with Gasteiger partial charge in [-0.1, -0.05) is 0 Å². The van der Waals surface area contributed by atoms with E-state index in [1.54, 1.807) is 4.68 Å². The molecule has 1 N–H and O–H groups in total. The third-order valence-corrected chi connectivity index (χ3v) is 3.20. The van der Waals surface area contributed by atoms with Gasteiger partial charge in [-0.3, -0.25) is 4.39 Å². The first-order valence-corrected chi connectivity index (χ1v) is 6.46. The molecule has 0 fully saturated rings. The van der Waals surface area contributed by atoms with Gasteiger partial charge in [0.15, 0.2) is 16.4 Å². The van der Waals surface area contributed by atoms with Gasteiger partial charge in [0.1, 0.15) is 18.2 Å². The third-order valence-electron chi connectivity index (χ3n) is 2.82. The van der Waals surface area contributed by atoms with E-state index in [2.05, 4.69) is 36.0 Å². The molecule has 0 saturated heterocycles. The molecule has 2 aromatic heterocycles. The van der Waals surface area contributed by atoms with Gasteiger partial charge in [0.2, 0.25) is 0 Å². The average Bonchev–Trinajstić information content (AvgIpc) is 2.87. The molecule has 2 aromatic rings. The molecule has 0 aliphatic carbocycles. The van der Waals surface area contributed by atoms with Gasteiger partial charge in [-0.15, -0.1) is 0 Å². The fourth-order valence-electron chi connectivity index (χ4n) is 2.12. The summed E-state index contributed by atoms with van der Waals surface area (Å²) in [7, 11) is 0. The molecule has 0 amide bonds. The molecule has 6 nitrogen and oxygen atoms in total. The Morgan fingerprint density at radius 3 is 3.06 bits per heavy atom. The lowest BCUT2D eigenvalue weighted by atomic mass is 10.3. The van der Waals surface area contributed by atoms with Crippen molar-refractivity contribution < 1.29 is 4.39 Å². The fourth-order valence-corrected chi connectivity index (χ4v) is 2.48. The summed E-state index contributed by atoms with van der Waals surface area (Å²) in [6, 6.07) is 0. The predicted molar refractivity (Wildman–Crippen MR) is 68.0 cm³/mol. The van der Waals surface area contributed by atoms with E-state index in [9.17, 15) is 4.39 Å². The van der Waals surface area contributed by atoms with E-state index in [0.29, 0.717) is 30.2 Å². The van der Waals surface area contributed by atoms with E-state index < -0.39 is 0 Å². The van der Waals surface area contributed by atoms with Crippen LogP contribution in [0, 0.1) is 6.92 Å². The Kier molecular flexibility index (Phi) is 2.81. The number of hydrogen-bond donors (Lipinski definition) is 1. The van der Waals surface area contributed by atoms with Crippen molar-refractivity contribution in [3.05, 3.63) is 10.6 Å². The van der Waals surface area contributed by atoms with Gasteiger partial charge in [0.05, 0.1) is 6.67 Å². The number of aromatic amines is 1. The second-order valence-electron chi connectivity index (χ2n) is 4.16. The maximum atomic E-state index is 12.3. The van der Waals surface area contributed by atoms with Gasteiger partial charge in [-0.25, -0.2) is 14.6 Å². The van der Waals surface area contributed by atoms with Crippen LogP contribution in [0.2, 0.25) is 0 Å². The van der Waals surface area contributed by atoms with E-state index in [0.717, 1.165) is 17.3 Å². The van der Waals surface area contributed by atoms with Crippen molar-refractivity contribution in [3.8, 4) is 11.5 Å². The first-order valence-electron chi connectivity index (χ1n) is 5.67. The number of nitrogens with zero attached hydrogens (tertiary/aromatic N) is 5. The fraction of sp³-hybridized carbons (Fsp3) is 0.500. The quantitative estimate of drug-likeness (QED) is 0.939. The molecular formula is C10H12BrFN6. The van der Waals surface area contributed by atoms with Crippen LogP contribution in [0.5, 0.6) is 0 Å². The Morgan fingerprint density at radius 2 is 2.28 bits per heavy atom. The summed E-state index contributed by atoms with van der Waals surface area (Å²) in [4.78, 5) is 13.9. The van der Waals surface area contributed by atoms with Crippen LogP contribution in [0.1, 0.15) is 12.2 Å². The molecule has 8 heteroatoms. The molecule has 0 radical (unpaired) electrons. The highest BCUT2D eigenvalue weighted by molar-refractivity contribution is 9.10. The summed E-state index contributed by atoms with van der Waals surface area (Å²) in [5.74, 6) is 2.29.